The van der Waals surface area contributed by atoms with Crippen LogP contribution in [0.4, 0.5) is 0 Å². The summed E-state index contributed by atoms with van der Waals surface area (Å²) in [6, 6.07) is 0.844. The van der Waals surface area contributed by atoms with Gasteiger partial charge in [0.05, 0.1) is 0 Å². The van der Waals surface area contributed by atoms with Gasteiger partial charge in [-0.25, -0.2) is 5.32 Å². The zero-order valence-electron chi connectivity index (χ0n) is 5.35. The molecule has 0 aromatic carbocycles. The topological polar surface area (TPSA) is 26.1 Å². The van der Waals surface area contributed by atoms with Gasteiger partial charge in [0, 0.05) is 26.2 Å². The van der Waals surface area contributed by atoms with Crippen LogP contribution in [-0.4, -0.2) is 26.2 Å². The van der Waals surface area contributed by atoms with Crippen LogP contribution in [-0.2, 0) is 0 Å². The zero-order chi connectivity index (χ0) is 5.82. The van der Waals surface area contributed by atoms with E-state index in [-0.39, 0.29) is 0 Å². The van der Waals surface area contributed by atoms with Crippen LogP contribution in [0.3, 0.4) is 0 Å². The van der Waals surface area contributed by atoms with Gasteiger partial charge in [0.25, 0.3) is 0 Å². The van der Waals surface area contributed by atoms with Gasteiger partial charge in [-0.3, -0.25) is 0 Å². The highest BCUT2D eigenvalue weighted by atomic mass is 15.0. The quantitative estimate of drug-likeness (QED) is 0.509. The fourth-order valence-electron chi connectivity index (χ4n) is 0.668. The van der Waals surface area contributed by atoms with E-state index in [1.807, 2.05) is 7.05 Å². The Balaban J connectivity index is 1.74. The molecular weight excluding hydrogens is 100 g/mol. The Bertz CT molecular complexity index is 59.5. The van der Waals surface area contributed by atoms with Crippen LogP contribution in [0.1, 0.15) is 12.8 Å². The van der Waals surface area contributed by atoms with Crippen LogP contribution in [0.5, 0.6) is 0 Å². The summed E-state index contributed by atoms with van der Waals surface area (Å²) in [4.78, 5) is 0. The lowest BCUT2D eigenvalue weighted by Gasteiger charge is -1.97. The highest BCUT2D eigenvalue weighted by Gasteiger charge is 2.19. The Labute approximate surface area is 50.7 Å². The molecule has 0 amide bonds. The van der Waals surface area contributed by atoms with Gasteiger partial charge in [0.15, 0.2) is 0 Å². The molecule has 1 fully saturated rings. The third-order valence-corrected chi connectivity index (χ3v) is 1.35. The van der Waals surface area contributed by atoms with Crippen molar-refractivity contribution in [1.29, 1.82) is 0 Å². The Kier molecular flexibility index (Phi) is 2.30. The lowest BCUT2D eigenvalue weighted by atomic mass is 10.6. The molecule has 0 atom stereocenters. The third-order valence-electron chi connectivity index (χ3n) is 1.35. The first-order chi connectivity index (χ1) is 3.93. The molecule has 1 saturated carbocycles. The van der Waals surface area contributed by atoms with Gasteiger partial charge in [-0.05, 0) is 12.8 Å². The monoisotopic (exact) mass is 113 g/mol. The molecule has 1 aliphatic rings. The summed E-state index contributed by atoms with van der Waals surface area (Å²) in [5, 5.41) is 7.34. The van der Waals surface area contributed by atoms with E-state index in [4.69, 9.17) is 0 Å². The van der Waals surface area contributed by atoms with Crippen molar-refractivity contribution in [3.05, 3.63) is 0 Å². The van der Waals surface area contributed by atoms with Crippen LogP contribution in [0.15, 0.2) is 0 Å². The van der Waals surface area contributed by atoms with Gasteiger partial charge in [-0.15, -0.1) is 0 Å². The summed E-state index contributed by atoms with van der Waals surface area (Å²) < 4.78 is 0. The molecule has 0 bridgehead atoms. The average molecular weight is 113 g/mol. The maximum atomic E-state index is 3.97. The molecule has 1 radical (unpaired) electrons. The summed E-state index contributed by atoms with van der Waals surface area (Å²) in [5.74, 6) is 0. The number of hydrogen-bond acceptors (Lipinski definition) is 1. The first-order valence-electron chi connectivity index (χ1n) is 3.22. The van der Waals surface area contributed by atoms with Crippen LogP contribution in [0.25, 0.3) is 0 Å². The number of nitrogens with one attached hydrogen (secondary N) is 1. The van der Waals surface area contributed by atoms with Crippen molar-refractivity contribution in [2.24, 2.45) is 0 Å². The third kappa shape index (κ3) is 2.28. The van der Waals surface area contributed by atoms with Crippen molar-refractivity contribution in [2.75, 3.05) is 20.1 Å². The first-order valence-corrected chi connectivity index (χ1v) is 3.22. The van der Waals surface area contributed by atoms with Crippen molar-refractivity contribution < 1.29 is 0 Å². The second-order valence-corrected chi connectivity index (χ2v) is 2.27. The fraction of sp³-hybridized carbons (Fsp3) is 1.00. The van der Waals surface area contributed by atoms with E-state index in [0.717, 1.165) is 19.1 Å². The van der Waals surface area contributed by atoms with Gasteiger partial charge in [-0.2, -0.15) is 0 Å². The van der Waals surface area contributed by atoms with Crippen molar-refractivity contribution in [3.63, 3.8) is 0 Å². The number of rotatable bonds is 4. The normalized spacial score (nSPS) is 19.1. The SMILES string of the molecule is C[N]CCNC1CC1. The number of nitrogens with zero attached hydrogens (tertiary/aromatic N) is 1. The lowest BCUT2D eigenvalue weighted by Crippen LogP contribution is -2.23. The van der Waals surface area contributed by atoms with E-state index in [0.29, 0.717) is 0 Å². The standard InChI is InChI=1S/C6H13N2/c1-7-4-5-8-6-2-3-6/h6,8H,2-5H2,1H3. The van der Waals surface area contributed by atoms with Crippen LogP contribution in [0, 0.1) is 0 Å². The van der Waals surface area contributed by atoms with E-state index >= 15 is 0 Å². The molecule has 47 valence electrons. The minimum absolute atomic E-state index is 0.844. The smallest absolute Gasteiger partial charge is 0.0255 e. The lowest BCUT2D eigenvalue weighted by molar-refractivity contribution is 0.642. The molecule has 0 aliphatic heterocycles. The molecule has 2 nitrogen and oxygen atoms in total. The molecule has 8 heavy (non-hydrogen) atoms. The largest absolute Gasteiger partial charge is 0.313 e. The van der Waals surface area contributed by atoms with E-state index < -0.39 is 0 Å². The average Bonchev–Trinajstić information content (AvgIpc) is 2.51. The molecule has 0 heterocycles. The second-order valence-electron chi connectivity index (χ2n) is 2.27. The van der Waals surface area contributed by atoms with E-state index in [9.17, 15) is 0 Å². The number of hydrogen-bond donors (Lipinski definition) is 1. The van der Waals surface area contributed by atoms with Crippen LogP contribution >= 0.6 is 0 Å². The van der Waals surface area contributed by atoms with Crippen molar-refractivity contribution in [2.45, 2.75) is 18.9 Å². The molecular formula is C6H13N2. The summed E-state index contributed by atoms with van der Waals surface area (Å²) in [5.41, 5.74) is 0. The van der Waals surface area contributed by atoms with Crippen molar-refractivity contribution >= 4 is 0 Å². The highest BCUT2D eigenvalue weighted by molar-refractivity contribution is 4.80. The molecule has 0 saturated heterocycles. The summed E-state index contributed by atoms with van der Waals surface area (Å²) in [7, 11) is 1.86. The maximum absolute atomic E-state index is 3.97. The predicted molar refractivity (Wildman–Crippen MR) is 33.9 cm³/mol. The molecule has 1 N–H and O–H groups in total. The van der Waals surface area contributed by atoms with Crippen molar-refractivity contribution in [3.8, 4) is 0 Å². The maximum Gasteiger partial charge on any atom is 0.0255 e. The number of likely N-dealkylation sites (N-methyl/N-ethyl adjacent to an activating group) is 1. The second kappa shape index (κ2) is 3.05. The van der Waals surface area contributed by atoms with Crippen LogP contribution < -0.4 is 10.6 Å². The van der Waals surface area contributed by atoms with Gasteiger partial charge in [0.1, 0.15) is 0 Å². The van der Waals surface area contributed by atoms with Gasteiger partial charge < -0.3 is 5.32 Å². The van der Waals surface area contributed by atoms with E-state index in [2.05, 4.69) is 10.6 Å². The first kappa shape index (κ1) is 6.05. The van der Waals surface area contributed by atoms with E-state index in [1.54, 1.807) is 0 Å². The Morgan fingerprint density at radius 1 is 1.62 bits per heavy atom. The Hall–Kier alpha value is -0.0800. The summed E-state index contributed by atoms with van der Waals surface area (Å²) >= 11 is 0. The Morgan fingerprint density at radius 2 is 2.38 bits per heavy atom. The Morgan fingerprint density at radius 3 is 2.88 bits per heavy atom. The van der Waals surface area contributed by atoms with Gasteiger partial charge >= 0.3 is 0 Å². The fourth-order valence-corrected chi connectivity index (χ4v) is 0.668. The molecule has 0 unspecified atom stereocenters. The summed E-state index contributed by atoms with van der Waals surface area (Å²) in [6.45, 7) is 2.04. The molecule has 1 rings (SSSR count). The molecule has 0 aromatic heterocycles. The van der Waals surface area contributed by atoms with Gasteiger partial charge in [0.2, 0.25) is 0 Å². The highest BCUT2D eigenvalue weighted by Crippen LogP contribution is 2.17. The molecule has 0 spiro atoms. The summed E-state index contributed by atoms with van der Waals surface area (Å²) in [6.07, 6.45) is 2.76. The minimum Gasteiger partial charge on any atom is -0.313 e. The molecule has 1 aliphatic carbocycles. The van der Waals surface area contributed by atoms with Gasteiger partial charge in [-0.1, -0.05) is 0 Å². The van der Waals surface area contributed by atoms with Crippen LogP contribution in [0.2, 0.25) is 0 Å². The van der Waals surface area contributed by atoms with E-state index in [1.165, 1.54) is 12.8 Å². The van der Waals surface area contributed by atoms with Crippen molar-refractivity contribution in [1.82, 2.24) is 10.6 Å². The molecule has 2 heteroatoms. The minimum atomic E-state index is 0.844. The predicted octanol–water partition coefficient (Wildman–Crippen LogP) is -0.0274. The zero-order valence-corrected chi connectivity index (χ0v) is 5.35. The molecule has 0 aromatic rings.